The number of aryl methyl sites for hydroxylation is 1. The first kappa shape index (κ1) is 19.6. The summed E-state index contributed by atoms with van der Waals surface area (Å²) in [5.74, 6) is -0.458. The van der Waals surface area contributed by atoms with Crippen LogP contribution in [0, 0.1) is 23.6 Å². The van der Waals surface area contributed by atoms with Gasteiger partial charge in [-0.2, -0.15) is 0 Å². The minimum Gasteiger partial charge on any atom is -0.496 e. The largest absolute Gasteiger partial charge is 0.496 e. The number of amidine groups is 1. The van der Waals surface area contributed by atoms with E-state index in [1.54, 1.807) is 11.8 Å². The molecule has 148 valence electrons. The zero-order valence-corrected chi connectivity index (χ0v) is 15.9. The van der Waals surface area contributed by atoms with Gasteiger partial charge in [0.25, 0.3) is 6.02 Å². The Morgan fingerprint density at radius 2 is 1.81 bits per heavy atom. The van der Waals surface area contributed by atoms with Crippen molar-refractivity contribution in [3.05, 3.63) is 29.1 Å². The average molecular weight is 378 g/mol. The van der Waals surface area contributed by atoms with E-state index in [4.69, 9.17) is 25.0 Å². The van der Waals surface area contributed by atoms with Crippen LogP contribution in [0.2, 0.25) is 0 Å². The van der Waals surface area contributed by atoms with Crippen LogP contribution in [0.1, 0.15) is 24.0 Å². The van der Waals surface area contributed by atoms with E-state index >= 15 is 0 Å². The van der Waals surface area contributed by atoms with Gasteiger partial charge in [0, 0.05) is 32.2 Å². The number of morpholine rings is 1. The minimum absolute atomic E-state index is 0.00889. The second-order valence-electron chi connectivity index (χ2n) is 6.90. The number of piperidine rings is 1. The van der Waals surface area contributed by atoms with Crippen LogP contribution < -0.4 is 4.74 Å². The van der Waals surface area contributed by atoms with Gasteiger partial charge < -0.3 is 19.1 Å². The molecular formula is C19H27FN4O3. The van der Waals surface area contributed by atoms with Gasteiger partial charge in [0.2, 0.25) is 5.90 Å². The molecule has 2 saturated heterocycles. The quantitative estimate of drug-likeness (QED) is 0.623. The highest BCUT2D eigenvalue weighted by molar-refractivity contribution is 5.99. The molecule has 0 aliphatic carbocycles. The van der Waals surface area contributed by atoms with Crippen molar-refractivity contribution < 1.29 is 18.6 Å². The molecule has 2 fully saturated rings. The third-order valence-corrected chi connectivity index (χ3v) is 5.24. The van der Waals surface area contributed by atoms with Crippen LogP contribution in [0.25, 0.3) is 0 Å². The first-order valence-corrected chi connectivity index (χ1v) is 9.25. The van der Waals surface area contributed by atoms with E-state index in [0.717, 1.165) is 39.1 Å². The van der Waals surface area contributed by atoms with Gasteiger partial charge in [-0.3, -0.25) is 15.7 Å². The third-order valence-electron chi connectivity index (χ3n) is 5.24. The fourth-order valence-corrected chi connectivity index (χ4v) is 3.64. The minimum atomic E-state index is -0.558. The number of likely N-dealkylation sites (tertiary alicyclic amines) is 1. The summed E-state index contributed by atoms with van der Waals surface area (Å²) >= 11 is 0. The molecule has 0 bridgehead atoms. The van der Waals surface area contributed by atoms with Crippen LogP contribution in [-0.4, -0.2) is 74.3 Å². The summed E-state index contributed by atoms with van der Waals surface area (Å²) in [6.45, 7) is 6.58. The van der Waals surface area contributed by atoms with E-state index in [0.29, 0.717) is 30.4 Å². The molecule has 0 atom stereocenters. The zero-order chi connectivity index (χ0) is 19.4. The molecule has 0 amide bonds. The van der Waals surface area contributed by atoms with Crippen molar-refractivity contribution in [1.82, 2.24) is 9.80 Å². The van der Waals surface area contributed by atoms with E-state index < -0.39 is 5.82 Å². The van der Waals surface area contributed by atoms with Gasteiger partial charge in [-0.25, -0.2) is 4.39 Å². The Balaban J connectivity index is 1.56. The first-order chi connectivity index (χ1) is 13.0. The molecule has 27 heavy (non-hydrogen) atoms. The van der Waals surface area contributed by atoms with Gasteiger partial charge >= 0.3 is 0 Å². The maximum Gasteiger partial charge on any atom is 0.291 e. The molecule has 0 unspecified atom stereocenters. The summed E-state index contributed by atoms with van der Waals surface area (Å²) in [6, 6.07) is 3.13. The summed E-state index contributed by atoms with van der Waals surface area (Å²) in [5.41, 5.74) is 0.636. The summed E-state index contributed by atoms with van der Waals surface area (Å²) in [5, 5.41) is 16.2. The van der Waals surface area contributed by atoms with Crippen molar-refractivity contribution >= 4 is 11.9 Å². The third kappa shape index (κ3) is 4.56. The number of rotatable bonds is 3. The molecule has 2 N–H and O–H groups in total. The molecule has 0 saturated carbocycles. The number of halogens is 1. The van der Waals surface area contributed by atoms with Crippen LogP contribution in [0.4, 0.5) is 4.39 Å². The van der Waals surface area contributed by atoms with Gasteiger partial charge in [-0.05, 0) is 37.5 Å². The Hall–Kier alpha value is -2.19. The Morgan fingerprint density at radius 3 is 2.44 bits per heavy atom. The Morgan fingerprint density at radius 1 is 1.15 bits per heavy atom. The van der Waals surface area contributed by atoms with E-state index in [1.165, 1.54) is 19.2 Å². The van der Waals surface area contributed by atoms with Gasteiger partial charge in [0.15, 0.2) is 0 Å². The molecule has 2 aliphatic heterocycles. The molecule has 3 rings (SSSR count). The highest BCUT2D eigenvalue weighted by Gasteiger charge is 2.28. The predicted octanol–water partition coefficient (Wildman–Crippen LogP) is 2.22. The van der Waals surface area contributed by atoms with Crippen LogP contribution in [-0.2, 0) is 9.47 Å². The maximum atomic E-state index is 14.2. The van der Waals surface area contributed by atoms with Crippen molar-refractivity contribution in [2.45, 2.75) is 25.8 Å². The van der Waals surface area contributed by atoms with Gasteiger partial charge in [0.1, 0.15) is 11.6 Å². The van der Waals surface area contributed by atoms with Crippen molar-refractivity contribution in [1.29, 1.82) is 10.8 Å². The smallest absolute Gasteiger partial charge is 0.291 e. The van der Waals surface area contributed by atoms with E-state index in [1.807, 2.05) is 0 Å². The van der Waals surface area contributed by atoms with Crippen molar-refractivity contribution in [3.8, 4) is 5.75 Å². The normalized spacial score (nSPS) is 19.0. The number of hydrogen-bond acceptors (Lipinski definition) is 6. The molecule has 0 spiro atoms. The lowest BCUT2D eigenvalue weighted by molar-refractivity contribution is 0.00452. The molecule has 1 aromatic carbocycles. The number of hydrogen-bond donors (Lipinski definition) is 2. The van der Waals surface area contributed by atoms with Crippen LogP contribution in [0.5, 0.6) is 5.75 Å². The van der Waals surface area contributed by atoms with Gasteiger partial charge in [-0.1, -0.05) is 0 Å². The average Bonchev–Trinajstić information content (AvgIpc) is 2.68. The molecule has 8 heteroatoms. The number of ether oxygens (including phenoxy) is 3. The molecule has 2 aliphatic rings. The highest BCUT2D eigenvalue weighted by Crippen LogP contribution is 2.23. The molecule has 0 radical (unpaired) electrons. The lowest BCUT2D eigenvalue weighted by atomic mass is 10.0. The Kier molecular flexibility index (Phi) is 6.28. The van der Waals surface area contributed by atoms with Crippen LogP contribution in [0.15, 0.2) is 12.1 Å². The Labute approximate surface area is 159 Å². The second kappa shape index (κ2) is 8.67. The monoisotopic (exact) mass is 378 g/mol. The Bertz CT molecular complexity index is 698. The SMILES string of the molecule is COc1cc(C(=N)OC(=N)N2CCC(N3CCOCC3)CC2)c(F)cc1C. The topological polar surface area (TPSA) is 81.9 Å². The molecule has 0 aromatic heterocycles. The zero-order valence-electron chi connectivity index (χ0n) is 15.9. The standard InChI is InChI=1S/C19H27FN4O3/c1-13-11-16(20)15(12-17(13)25-2)18(21)27-19(22)24-5-3-14(4-6-24)23-7-9-26-10-8-23/h11-12,14,21-22H,3-10H2,1-2H3. The van der Waals surface area contributed by atoms with Gasteiger partial charge in [0.05, 0.1) is 25.9 Å². The first-order valence-electron chi connectivity index (χ1n) is 9.25. The number of nitrogens with zero attached hydrogens (tertiary/aromatic N) is 2. The number of benzene rings is 1. The van der Waals surface area contributed by atoms with Crippen LogP contribution >= 0.6 is 0 Å². The number of methoxy groups -OCH3 is 1. The molecule has 1 aromatic rings. The van der Waals surface area contributed by atoms with Crippen molar-refractivity contribution in [2.75, 3.05) is 46.5 Å². The second-order valence-corrected chi connectivity index (χ2v) is 6.90. The van der Waals surface area contributed by atoms with E-state index in [2.05, 4.69) is 4.90 Å². The lowest BCUT2D eigenvalue weighted by Crippen LogP contribution is -2.50. The highest BCUT2D eigenvalue weighted by atomic mass is 19.1. The molecule has 2 heterocycles. The van der Waals surface area contributed by atoms with E-state index in [-0.39, 0.29) is 17.5 Å². The molecular weight excluding hydrogens is 351 g/mol. The number of nitrogens with one attached hydrogen (secondary N) is 2. The maximum absolute atomic E-state index is 14.2. The van der Waals surface area contributed by atoms with E-state index in [9.17, 15) is 4.39 Å². The van der Waals surface area contributed by atoms with Crippen LogP contribution in [0.3, 0.4) is 0 Å². The summed E-state index contributed by atoms with van der Waals surface area (Å²) in [6.07, 6.45) is 1.87. The van der Waals surface area contributed by atoms with Crippen molar-refractivity contribution in [2.24, 2.45) is 0 Å². The molecule has 7 nitrogen and oxygen atoms in total. The lowest BCUT2D eigenvalue weighted by Gasteiger charge is -2.40. The fraction of sp³-hybridized carbons (Fsp3) is 0.579. The summed E-state index contributed by atoms with van der Waals surface area (Å²) < 4.78 is 30.1. The summed E-state index contributed by atoms with van der Waals surface area (Å²) in [7, 11) is 1.50. The predicted molar refractivity (Wildman–Crippen MR) is 100 cm³/mol. The van der Waals surface area contributed by atoms with Crippen molar-refractivity contribution in [3.63, 3.8) is 0 Å². The van der Waals surface area contributed by atoms with Gasteiger partial charge in [-0.15, -0.1) is 0 Å². The summed E-state index contributed by atoms with van der Waals surface area (Å²) in [4.78, 5) is 4.25. The fourth-order valence-electron chi connectivity index (χ4n) is 3.64.